The van der Waals surface area contributed by atoms with Crippen molar-refractivity contribution in [1.29, 1.82) is 0 Å². The van der Waals surface area contributed by atoms with E-state index in [-0.39, 0.29) is 5.97 Å². The van der Waals surface area contributed by atoms with Crippen molar-refractivity contribution in [2.24, 2.45) is 0 Å². The summed E-state index contributed by atoms with van der Waals surface area (Å²) in [5.41, 5.74) is 0. The van der Waals surface area contributed by atoms with Crippen molar-refractivity contribution < 1.29 is 14.3 Å². The molecule has 0 saturated carbocycles. The van der Waals surface area contributed by atoms with Crippen molar-refractivity contribution in [2.45, 2.75) is 26.7 Å². The van der Waals surface area contributed by atoms with Crippen LogP contribution in [0.15, 0.2) is 0 Å². The molecule has 0 bridgehead atoms. The van der Waals surface area contributed by atoms with Gasteiger partial charge in [-0.3, -0.25) is 4.84 Å². The van der Waals surface area contributed by atoms with Gasteiger partial charge in [-0.25, -0.2) is 4.79 Å². The fraction of sp³-hybridized carbons (Fsp3) is 0.875. The molecule has 0 aliphatic rings. The van der Waals surface area contributed by atoms with Crippen LogP contribution in [0.2, 0.25) is 0 Å². The summed E-state index contributed by atoms with van der Waals surface area (Å²) < 4.78 is 0.318. The van der Waals surface area contributed by atoms with E-state index in [9.17, 15) is 4.79 Å². The second-order valence-electron chi connectivity index (χ2n) is 3.10. The second kappa shape index (κ2) is 4.34. The Morgan fingerprint density at radius 2 is 1.91 bits per heavy atom. The molecule has 66 valence electrons. The highest BCUT2D eigenvalue weighted by molar-refractivity contribution is 5.68. The molecule has 0 atom stereocenters. The number of hydrogen-bond donors (Lipinski definition) is 0. The van der Waals surface area contributed by atoms with Crippen LogP contribution in [-0.2, 0) is 9.63 Å². The Balaban J connectivity index is 3.74. The van der Waals surface area contributed by atoms with E-state index >= 15 is 0 Å². The zero-order valence-corrected chi connectivity index (χ0v) is 7.89. The van der Waals surface area contributed by atoms with E-state index in [0.717, 1.165) is 13.0 Å². The third kappa shape index (κ3) is 4.79. The lowest BCUT2D eigenvalue weighted by Crippen LogP contribution is -2.41. The van der Waals surface area contributed by atoms with Gasteiger partial charge in [-0.15, -0.1) is 4.65 Å². The molecule has 3 heteroatoms. The third-order valence-corrected chi connectivity index (χ3v) is 1.56. The minimum atomic E-state index is -0.112. The predicted molar refractivity (Wildman–Crippen MR) is 43.6 cm³/mol. The lowest BCUT2D eigenvalue weighted by atomic mass is 10.3. The van der Waals surface area contributed by atoms with E-state index in [1.54, 1.807) is 0 Å². The van der Waals surface area contributed by atoms with E-state index in [1.807, 2.05) is 27.9 Å². The third-order valence-electron chi connectivity index (χ3n) is 1.56. The number of hydrogen-bond acceptors (Lipinski definition) is 2. The molecule has 0 amide bonds. The summed E-state index contributed by atoms with van der Waals surface area (Å²) in [5, 5.41) is 0. The number of hydroxylamine groups is 3. The molecule has 0 fully saturated rings. The van der Waals surface area contributed by atoms with Crippen LogP contribution in [0.1, 0.15) is 26.7 Å². The number of carbonyl (C=O) groups excluding carboxylic acids is 1. The second-order valence-corrected chi connectivity index (χ2v) is 3.10. The number of rotatable bonds is 4. The summed E-state index contributed by atoms with van der Waals surface area (Å²) in [7, 11) is 3.74. The summed E-state index contributed by atoms with van der Waals surface area (Å²) in [6.45, 7) is 4.75. The van der Waals surface area contributed by atoms with Gasteiger partial charge in [-0.05, 0) is 13.3 Å². The van der Waals surface area contributed by atoms with Crippen LogP contribution in [-0.4, -0.2) is 31.3 Å². The Bertz CT molecular complexity index is 132. The number of quaternary nitrogens is 1. The van der Waals surface area contributed by atoms with Crippen molar-refractivity contribution in [3.8, 4) is 0 Å². The maximum Gasteiger partial charge on any atom is 0.366 e. The Morgan fingerprint density at radius 3 is 2.27 bits per heavy atom. The van der Waals surface area contributed by atoms with Crippen LogP contribution in [0.25, 0.3) is 0 Å². The van der Waals surface area contributed by atoms with Gasteiger partial charge in [0.15, 0.2) is 0 Å². The zero-order valence-electron chi connectivity index (χ0n) is 7.89. The smallest absolute Gasteiger partial charge is 0.277 e. The summed E-state index contributed by atoms with van der Waals surface area (Å²) in [6.07, 6.45) is 1.37. The molecule has 0 unspecified atom stereocenters. The Kier molecular flexibility index (Phi) is 4.11. The molecule has 0 aliphatic heterocycles. The molecule has 0 aromatic heterocycles. The van der Waals surface area contributed by atoms with E-state index in [0.29, 0.717) is 11.1 Å². The summed E-state index contributed by atoms with van der Waals surface area (Å²) in [6, 6.07) is 0. The molecule has 0 rings (SSSR count). The monoisotopic (exact) mass is 160 g/mol. The van der Waals surface area contributed by atoms with Crippen molar-refractivity contribution in [3.05, 3.63) is 0 Å². The number of nitrogens with zero attached hydrogens (tertiary/aromatic N) is 1. The van der Waals surface area contributed by atoms with E-state index in [4.69, 9.17) is 4.84 Å². The first-order valence-electron chi connectivity index (χ1n) is 4.07. The first-order valence-corrected chi connectivity index (χ1v) is 4.07. The molecular formula is C8H18NO2+. The first kappa shape index (κ1) is 10.4. The molecular weight excluding hydrogens is 142 g/mol. The Hall–Kier alpha value is -0.570. The molecule has 0 spiro atoms. The Morgan fingerprint density at radius 1 is 1.36 bits per heavy atom. The van der Waals surface area contributed by atoms with Gasteiger partial charge < -0.3 is 0 Å². The van der Waals surface area contributed by atoms with Crippen LogP contribution < -0.4 is 0 Å². The van der Waals surface area contributed by atoms with Gasteiger partial charge in [0.2, 0.25) is 0 Å². The highest BCUT2D eigenvalue weighted by Crippen LogP contribution is 2.01. The highest BCUT2D eigenvalue weighted by atomic mass is 16.7. The zero-order chi connectivity index (χ0) is 8.91. The van der Waals surface area contributed by atoms with E-state index in [1.165, 1.54) is 0 Å². The lowest BCUT2D eigenvalue weighted by Gasteiger charge is -2.23. The molecule has 0 aliphatic carbocycles. The lowest BCUT2D eigenvalue weighted by molar-refractivity contribution is -1.06. The van der Waals surface area contributed by atoms with Crippen molar-refractivity contribution in [3.63, 3.8) is 0 Å². The van der Waals surface area contributed by atoms with Crippen LogP contribution in [0.5, 0.6) is 0 Å². The van der Waals surface area contributed by atoms with Gasteiger partial charge in [-0.2, -0.15) is 0 Å². The van der Waals surface area contributed by atoms with Crippen LogP contribution >= 0.6 is 0 Å². The van der Waals surface area contributed by atoms with Gasteiger partial charge in [0, 0.05) is 0 Å². The molecule has 3 nitrogen and oxygen atoms in total. The van der Waals surface area contributed by atoms with E-state index < -0.39 is 0 Å². The first-order chi connectivity index (χ1) is 5.02. The summed E-state index contributed by atoms with van der Waals surface area (Å²) in [5.74, 6) is -0.112. The minimum Gasteiger partial charge on any atom is -0.277 e. The molecule has 0 N–H and O–H groups in total. The van der Waals surface area contributed by atoms with Crippen molar-refractivity contribution in [2.75, 3.05) is 20.6 Å². The van der Waals surface area contributed by atoms with Gasteiger partial charge in [0.05, 0.1) is 6.42 Å². The van der Waals surface area contributed by atoms with Crippen LogP contribution in [0, 0.1) is 0 Å². The molecule has 0 aromatic carbocycles. The topological polar surface area (TPSA) is 26.3 Å². The average molecular weight is 160 g/mol. The van der Waals surface area contributed by atoms with Crippen LogP contribution in [0.4, 0.5) is 0 Å². The molecule has 0 saturated heterocycles. The number of carbonyl (C=O) groups is 1. The maximum atomic E-state index is 11.0. The van der Waals surface area contributed by atoms with E-state index in [2.05, 4.69) is 0 Å². The quantitative estimate of drug-likeness (QED) is 0.458. The van der Waals surface area contributed by atoms with Crippen molar-refractivity contribution >= 4 is 5.97 Å². The standard InChI is InChI=1S/C8H18NO2/c1-5-7-8(10)11-9(3,4)6-2/h5-7H2,1-4H3/q+1. The molecule has 11 heavy (non-hydrogen) atoms. The van der Waals surface area contributed by atoms with Gasteiger partial charge >= 0.3 is 5.97 Å². The van der Waals surface area contributed by atoms with Crippen LogP contribution in [0.3, 0.4) is 0 Å². The van der Waals surface area contributed by atoms with Gasteiger partial charge in [0.25, 0.3) is 0 Å². The summed E-state index contributed by atoms with van der Waals surface area (Å²) >= 11 is 0. The SMILES string of the molecule is CCCC(=O)O[N+](C)(C)CC. The highest BCUT2D eigenvalue weighted by Gasteiger charge is 2.18. The molecule has 0 heterocycles. The normalized spacial score (nSPS) is 11.3. The fourth-order valence-electron chi connectivity index (χ4n) is 0.590. The minimum absolute atomic E-state index is 0.112. The largest absolute Gasteiger partial charge is 0.366 e. The summed E-state index contributed by atoms with van der Waals surface area (Å²) in [4.78, 5) is 16.1. The van der Waals surface area contributed by atoms with Gasteiger partial charge in [0.1, 0.15) is 20.6 Å². The predicted octanol–water partition coefficient (Wildman–Crippen LogP) is 1.34. The maximum absolute atomic E-state index is 11.0. The Labute approximate surface area is 68.5 Å². The average Bonchev–Trinajstić information content (AvgIpc) is 1.87. The van der Waals surface area contributed by atoms with Crippen molar-refractivity contribution in [1.82, 2.24) is 0 Å². The fourth-order valence-corrected chi connectivity index (χ4v) is 0.590. The molecule has 0 aromatic rings. The molecule has 0 radical (unpaired) electrons. The van der Waals surface area contributed by atoms with Gasteiger partial charge in [-0.1, -0.05) is 6.92 Å².